The van der Waals surface area contributed by atoms with Crippen molar-refractivity contribution >= 4 is 38.2 Å². The molecule has 1 N–H and O–H groups in total. The largest absolute Gasteiger partial charge is 0.458 e. The molecule has 0 aliphatic rings. The molecule has 1 atom stereocenters. The van der Waals surface area contributed by atoms with Gasteiger partial charge in [0, 0.05) is 10.3 Å². The third-order valence-corrected chi connectivity index (χ3v) is 5.27. The maximum Gasteiger partial charge on any atom is 0.148 e. The molecule has 4 heteroatoms. The Hall–Kier alpha value is -1.10. The molecule has 0 bridgehead atoms. The maximum atomic E-state index is 6.13. The topological polar surface area (TPSA) is 25.2 Å². The van der Waals surface area contributed by atoms with Crippen LogP contribution in [0.4, 0.5) is 0 Å². The van der Waals surface area contributed by atoms with E-state index >= 15 is 0 Å². The molecule has 1 aromatic carbocycles. The van der Waals surface area contributed by atoms with Gasteiger partial charge < -0.3 is 9.73 Å². The zero-order valence-corrected chi connectivity index (χ0v) is 14.6. The number of benzene rings is 1. The first-order valence-corrected chi connectivity index (χ1v) is 8.83. The molecular weight excluding hydrogens is 346 g/mol. The van der Waals surface area contributed by atoms with Gasteiger partial charge in [-0.2, -0.15) is 0 Å². The minimum absolute atomic E-state index is 0.129. The van der Waals surface area contributed by atoms with E-state index in [-0.39, 0.29) is 6.04 Å². The lowest BCUT2D eigenvalue weighted by Gasteiger charge is -2.16. The first-order valence-electron chi connectivity index (χ1n) is 7.16. The number of furan rings is 1. The zero-order chi connectivity index (χ0) is 14.8. The summed E-state index contributed by atoms with van der Waals surface area (Å²) in [6.07, 6.45) is 1.10. The molecule has 3 aromatic rings. The van der Waals surface area contributed by atoms with Crippen molar-refractivity contribution in [2.45, 2.75) is 26.3 Å². The number of fused-ring (bicyclic) bond motifs is 1. The molecule has 1 unspecified atom stereocenters. The number of para-hydroxylation sites is 1. The lowest BCUT2D eigenvalue weighted by molar-refractivity contribution is 0.472. The average molecular weight is 364 g/mol. The van der Waals surface area contributed by atoms with E-state index < -0.39 is 0 Å². The van der Waals surface area contributed by atoms with Crippen LogP contribution in [0.15, 0.2) is 44.6 Å². The molecule has 0 radical (unpaired) electrons. The fraction of sp³-hybridized carbons (Fsp3) is 0.294. The Balaban J connectivity index is 2.05. The summed E-state index contributed by atoms with van der Waals surface area (Å²) in [4.78, 5) is 1.33. The quantitative estimate of drug-likeness (QED) is 0.632. The van der Waals surface area contributed by atoms with Gasteiger partial charge in [-0.25, -0.2) is 0 Å². The number of halogens is 1. The van der Waals surface area contributed by atoms with E-state index in [0.29, 0.717) is 0 Å². The first kappa shape index (κ1) is 14.8. The predicted octanol–water partition coefficient (Wildman–Crippen LogP) is 5.65. The van der Waals surface area contributed by atoms with Gasteiger partial charge >= 0.3 is 0 Å². The van der Waals surface area contributed by atoms with Crippen molar-refractivity contribution in [1.29, 1.82) is 0 Å². The minimum atomic E-state index is 0.129. The minimum Gasteiger partial charge on any atom is -0.458 e. The molecule has 2 heterocycles. The summed E-state index contributed by atoms with van der Waals surface area (Å²) in [6.45, 7) is 5.31. The Labute approximate surface area is 137 Å². The van der Waals surface area contributed by atoms with Crippen molar-refractivity contribution in [3.8, 4) is 0 Å². The third-order valence-electron chi connectivity index (χ3n) is 3.56. The van der Waals surface area contributed by atoms with Crippen LogP contribution in [0.1, 0.15) is 35.6 Å². The molecule has 0 aliphatic carbocycles. The molecule has 0 aliphatic heterocycles. The Morgan fingerprint density at radius 3 is 2.86 bits per heavy atom. The van der Waals surface area contributed by atoms with Gasteiger partial charge in [0.2, 0.25) is 0 Å². The van der Waals surface area contributed by atoms with Crippen LogP contribution < -0.4 is 5.32 Å². The van der Waals surface area contributed by atoms with E-state index in [2.05, 4.69) is 58.7 Å². The van der Waals surface area contributed by atoms with Crippen molar-refractivity contribution in [3.63, 3.8) is 0 Å². The number of nitrogens with one attached hydrogen (secondary N) is 1. The molecule has 21 heavy (non-hydrogen) atoms. The summed E-state index contributed by atoms with van der Waals surface area (Å²) >= 11 is 5.35. The van der Waals surface area contributed by atoms with Crippen LogP contribution in [0.2, 0.25) is 0 Å². The monoisotopic (exact) mass is 363 g/mol. The van der Waals surface area contributed by atoms with Gasteiger partial charge in [0.15, 0.2) is 0 Å². The Bertz CT molecular complexity index is 746. The van der Waals surface area contributed by atoms with Gasteiger partial charge in [0.05, 0.1) is 4.47 Å². The summed E-state index contributed by atoms with van der Waals surface area (Å²) in [5, 5.41) is 6.89. The fourth-order valence-electron chi connectivity index (χ4n) is 2.48. The van der Waals surface area contributed by atoms with Crippen molar-refractivity contribution < 1.29 is 4.42 Å². The van der Waals surface area contributed by atoms with Gasteiger partial charge in [-0.3, -0.25) is 0 Å². The Morgan fingerprint density at radius 2 is 2.19 bits per heavy atom. The van der Waals surface area contributed by atoms with Gasteiger partial charge in [-0.15, -0.1) is 11.3 Å². The van der Waals surface area contributed by atoms with Gasteiger partial charge in [-0.1, -0.05) is 19.1 Å². The summed E-state index contributed by atoms with van der Waals surface area (Å²) in [5.41, 5.74) is 2.23. The van der Waals surface area contributed by atoms with Crippen molar-refractivity contribution in [2.75, 3.05) is 6.54 Å². The SMILES string of the molecule is CCCNC(c1cc2cccc(Br)c2o1)c1sccc1C. The van der Waals surface area contributed by atoms with Crippen molar-refractivity contribution in [1.82, 2.24) is 5.32 Å². The third kappa shape index (κ3) is 2.93. The van der Waals surface area contributed by atoms with Crippen molar-refractivity contribution in [2.24, 2.45) is 0 Å². The van der Waals surface area contributed by atoms with E-state index in [0.717, 1.165) is 34.2 Å². The average Bonchev–Trinajstić information content (AvgIpc) is 3.07. The molecule has 3 rings (SSSR count). The summed E-state index contributed by atoms with van der Waals surface area (Å²) in [7, 11) is 0. The Morgan fingerprint density at radius 1 is 1.33 bits per heavy atom. The van der Waals surface area contributed by atoms with Gasteiger partial charge in [-0.05, 0) is 65.0 Å². The van der Waals surface area contributed by atoms with E-state index in [4.69, 9.17) is 4.42 Å². The summed E-state index contributed by atoms with van der Waals surface area (Å²) in [6, 6.07) is 10.6. The van der Waals surface area contributed by atoms with E-state index in [1.807, 2.05) is 12.1 Å². The summed E-state index contributed by atoms with van der Waals surface area (Å²) in [5.74, 6) is 0.982. The standard InChI is InChI=1S/C17H18BrNOS/c1-3-8-19-15(17-11(2)7-9-21-17)14-10-12-5-4-6-13(18)16(12)20-14/h4-7,9-10,15,19H,3,8H2,1-2H3. The molecule has 0 spiro atoms. The maximum absolute atomic E-state index is 6.13. The number of rotatable bonds is 5. The van der Waals surface area contributed by atoms with E-state index in [1.165, 1.54) is 10.4 Å². The van der Waals surface area contributed by atoms with E-state index in [1.54, 1.807) is 11.3 Å². The highest BCUT2D eigenvalue weighted by Gasteiger charge is 2.21. The van der Waals surface area contributed by atoms with Crippen LogP contribution >= 0.6 is 27.3 Å². The Kier molecular flexibility index (Phi) is 4.48. The highest BCUT2D eigenvalue weighted by Crippen LogP contribution is 2.35. The van der Waals surface area contributed by atoms with Gasteiger partial charge in [0.1, 0.15) is 17.4 Å². The summed E-state index contributed by atoms with van der Waals surface area (Å²) < 4.78 is 7.14. The second-order valence-corrected chi connectivity index (χ2v) is 6.96. The van der Waals surface area contributed by atoms with Crippen molar-refractivity contribution in [3.05, 3.63) is 56.4 Å². The van der Waals surface area contributed by atoms with Crippen LogP contribution in [-0.4, -0.2) is 6.54 Å². The zero-order valence-electron chi connectivity index (χ0n) is 12.2. The van der Waals surface area contributed by atoms with Crippen LogP contribution in [0, 0.1) is 6.92 Å². The molecule has 0 saturated carbocycles. The molecule has 0 amide bonds. The number of aryl methyl sites for hydroxylation is 1. The van der Waals surface area contributed by atoms with E-state index in [9.17, 15) is 0 Å². The second-order valence-electron chi connectivity index (χ2n) is 5.16. The molecule has 0 fully saturated rings. The molecule has 0 saturated heterocycles. The highest BCUT2D eigenvalue weighted by atomic mass is 79.9. The second kappa shape index (κ2) is 6.34. The smallest absolute Gasteiger partial charge is 0.148 e. The molecule has 2 nitrogen and oxygen atoms in total. The highest BCUT2D eigenvalue weighted by molar-refractivity contribution is 9.10. The van der Waals surface area contributed by atoms with Crippen LogP contribution in [0.25, 0.3) is 11.0 Å². The lowest BCUT2D eigenvalue weighted by atomic mass is 10.1. The number of hydrogen-bond donors (Lipinski definition) is 1. The molecule has 2 aromatic heterocycles. The number of thiophene rings is 1. The lowest BCUT2D eigenvalue weighted by Crippen LogP contribution is -2.22. The number of hydrogen-bond acceptors (Lipinski definition) is 3. The molecule has 110 valence electrons. The normalized spacial score (nSPS) is 12.9. The first-order chi connectivity index (χ1) is 10.2. The van der Waals surface area contributed by atoms with Gasteiger partial charge in [0.25, 0.3) is 0 Å². The van der Waals surface area contributed by atoms with Crippen LogP contribution in [-0.2, 0) is 0 Å². The fourth-order valence-corrected chi connectivity index (χ4v) is 3.95. The van der Waals surface area contributed by atoms with Crippen LogP contribution in [0.5, 0.6) is 0 Å². The van der Waals surface area contributed by atoms with Crippen LogP contribution in [0.3, 0.4) is 0 Å². The molecular formula is C17H18BrNOS. The predicted molar refractivity (Wildman–Crippen MR) is 93.1 cm³/mol.